The highest BCUT2D eigenvalue weighted by Gasteiger charge is 2.20. The first kappa shape index (κ1) is 16.6. The molecule has 0 aromatic carbocycles. The first-order chi connectivity index (χ1) is 10.3. The van der Waals surface area contributed by atoms with E-state index in [1.54, 1.807) is 0 Å². The summed E-state index contributed by atoms with van der Waals surface area (Å²) < 4.78 is 0. The molecular formula is C17H34N4. The molecule has 1 unspecified atom stereocenters. The number of hydrogen-bond donors (Lipinski definition) is 2. The predicted octanol–water partition coefficient (Wildman–Crippen LogP) is 2.61. The lowest BCUT2D eigenvalue weighted by Gasteiger charge is -2.33. The second-order valence-electron chi connectivity index (χ2n) is 6.68. The Kier molecular flexibility index (Phi) is 7.34. The van der Waals surface area contributed by atoms with Crippen molar-refractivity contribution in [1.82, 2.24) is 15.5 Å². The fourth-order valence-electron chi connectivity index (χ4n) is 3.00. The molecule has 1 aliphatic carbocycles. The van der Waals surface area contributed by atoms with Crippen LogP contribution in [0.5, 0.6) is 0 Å². The molecule has 2 aliphatic rings. The van der Waals surface area contributed by atoms with Gasteiger partial charge >= 0.3 is 0 Å². The lowest BCUT2D eigenvalue weighted by atomic mass is 10.0. The van der Waals surface area contributed by atoms with Crippen molar-refractivity contribution in [3.8, 4) is 0 Å². The zero-order valence-electron chi connectivity index (χ0n) is 14.0. The first-order valence-electron chi connectivity index (χ1n) is 9.06. The Balaban J connectivity index is 1.55. The molecule has 2 N–H and O–H groups in total. The van der Waals surface area contributed by atoms with Gasteiger partial charge in [-0.3, -0.25) is 4.99 Å². The number of nitrogens with zero attached hydrogens (tertiary/aromatic N) is 2. The molecule has 1 saturated carbocycles. The van der Waals surface area contributed by atoms with Crippen LogP contribution >= 0.6 is 0 Å². The van der Waals surface area contributed by atoms with E-state index in [4.69, 9.17) is 0 Å². The molecule has 2 rings (SSSR count). The molecule has 4 nitrogen and oxygen atoms in total. The zero-order chi connectivity index (χ0) is 14.9. The Hall–Kier alpha value is -0.770. The molecule has 1 atom stereocenters. The van der Waals surface area contributed by atoms with Gasteiger partial charge in [0.1, 0.15) is 0 Å². The fourth-order valence-corrected chi connectivity index (χ4v) is 3.00. The average Bonchev–Trinajstić information content (AvgIpc) is 3.30. The number of aliphatic imine (C=N–C) groups is 1. The Morgan fingerprint density at radius 1 is 1.14 bits per heavy atom. The van der Waals surface area contributed by atoms with Gasteiger partial charge in [0, 0.05) is 25.7 Å². The Bertz CT molecular complexity index is 312. The maximum Gasteiger partial charge on any atom is 0.191 e. The summed E-state index contributed by atoms with van der Waals surface area (Å²) in [5, 5.41) is 6.81. The number of nitrogens with one attached hydrogen (secondary N) is 2. The molecule has 1 aliphatic heterocycles. The summed E-state index contributed by atoms with van der Waals surface area (Å²) in [6.45, 7) is 10.1. The summed E-state index contributed by atoms with van der Waals surface area (Å²) in [6, 6.07) is 0.795. The van der Waals surface area contributed by atoms with Gasteiger partial charge in [-0.05, 0) is 71.4 Å². The van der Waals surface area contributed by atoms with Crippen LogP contribution in [-0.4, -0.2) is 49.6 Å². The third-order valence-electron chi connectivity index (χ3n) is 4.65. The van der Waals surface area contributed by atoms with E-state index in [9.17, 15) is 0 Å². The molecule has 122 valence electrons. The summed E-state index contributed by atoms with van der Waals surface area (Å²) in [4.78, 5) is 7.32. The molecule has 2 fully saturated rings. The van der Waals surface area contributed by atoms with E-state index in [0.29, 0.717) is 0 Å². The minimum absolute atomic E-state index is 0.795. The SMILES string of the molecule is CCNC(=NCC1CC1)NCCCCN1CCCCC1C. The van der Waals surface area contributed by atoms with Crippen molar-refractivity contribution in [3.63, 3.8) is 0 Å². The van der Waals surface area contributed by atoms with Crippen LogP contribution < -0.4 is 10.6 Å². The first-order valence-corrected chi connectivity index (χ1v) is 9.06. The van der Waals surface area contributed by atoms with Crippen LogP contribution in [0.4, 0.5) is 0 Å². The third kappa shape index (κ3) is 6.68. The van der Waals surface area contributed by atoms with E-state index < -0.39 is 0 Å². The summed E-state index contributed by atoms with van der Waals surface area (Å²) in [5.41, 5.74) is 0. The summed E-state index contributed by atoms with van der Waals surface area (Å²) in [6.07, 6.45) is 9.46. The maximum atomic E-state index is 4.66. The van der Waals surface area contributed by atoms with E-state index in [1.165, 1.54) is 58.0 Å². The van der Waals surface area contributed by atoms with Gasteiger partial charge in [-0.1, -0.05) is 6.42 Å². The van der Waals surface area contributed by atoms with Crippen LogP contribution in [-0.2, 0) is 0 Å². The highest BCUT2D eigenvalue weighted by Crippen LogP contribution is 2.28. The van der Waals surface area contributed by atoms with Gasteiger partial charge in [-0.2, -0.15) is 0 Å². The van der Waals surface area contributed by atoms with E-state index >= 15 is 0 Å². The van der Waals surface area contributed by atoms with Crippen LogP contribution in [0.25, 0.3) is 0 Å². The summed E-state index contributed by atoms with van der Waals surface area (Å²) >= 11 is 0. The molecular weight excluding hydrogens is 260 g/mol. The van der Waals surface area contributed by atoms with Crippen LogP contribution in [0.3, 0.4) is 0 Å². The highest BCUT2D eigenvalue weighted by atomic mass is 15.2. The molecule has 0 amide bonds. The van der Waals surface area contributed by atoms with Crippen molar-refractivity contribution >= 4 is 5.96 Å². The van der Waals surface area contributed by atoms with E-state index in [-0.39, 0.29) is 0 Å². The van der Waals surface area contributed by atoms with Crippen molar-refractivity contribution in [2.75, 3.05) is 32.7 Å². The Morgan fingerprint density at radius 3 is 2.71 bits per heavy atom. The van der Waals surface area contributed by atoms with Crippen LogP contribution in [0.15, 0.2) is 4.99 Å². The molecule has 0 aromatic rings. The summed E-state index contributed by atoms with van der Waals surface area (Å²) in [7, 11) is 0. The van der Waals surface area contributed by atoms with Crippen molar-refractivity contribution in [2.45, 2.75) is 64.8 Å². The Morgan fingerprint density at radius 2 is 2.00 bits per heavy atom. The largest absolute Gasteiger partial charge is 0.357 e. The second-order valence-corrected chi connectivity index (χ2v) is 6.68. The quantitative estimate of drug-likeness (QED) is 0.411. The molecule has 0 spiro atoms. The van der Waals surface area contributed by atoms with Gasteiger partial charge in [-0.25, -0.2) is 0 Å². The molecule has 21 heavy (non-hydrogen) atoms. The topological polar surface area (TPSA) is 39.7 Å². The van der Waals surface area contributed by atoms with Crippen molar-refractivity contribution in [3.05, 3.63) is 0 Å². The Labute approximate surface area is 130 Å². The fraction of sp³-hybridized carbons (Fsp3) is 0.941. The van der Waals surface area contributed by atoms with Gasteiger partial charge in [-0.15, -0.1) is 0 Å². The lowest BCUT2D eigenvalue weighted by Crippen LogP contribution is -2.39. The monoisotopic (exact) mass is 294 g/mol. The number of hydrogen-bond acceptors (Lipinski definition) is 2. The number of rotatable bonds is 8. The van der Waals surface area contributed by atoms with Crippen molar-refractivity contribution in [1.29, 1.82) is 0 Å². The van der Waals surface area contributed by atoms with Gasteiger partial charge in [0.15, 0.2) is 5.96 Å². The third-order valence-corrected chi connectivity index (χ3v) is 4.65. The number of piperidine rings is 1. The van der Waals surface area contributed by atoms with Gasteiger partial charge in [0.25, 0.3) is 0 Å². The standard InChI is InChI=1S/C17H34N4/c1-3-18-17(20-14-16-9-10-16)19-11-5-7-13-21-12-6-4-8-15(21)2/h15-16H,3-14H2,1-2H3,(H2,18,19,20). The smallest absolute Gasteiger partial charge is 0.191 e. The number of unbranched alkanes of at least 4 members (excludes halogenated alkanes) is 1. The molecule has 4 heteroatoms. The molecule has 0 bridgehead atoms. The second kappa shape index (κ2) is 9.29. The molecule has 1 saturated heterocycles. The van der Waals surface area contributed by atoms with E-state index in [0.717, 1.165) is 37.6 Å². The van der Waals surface area contributed by atoms with Crippen LogP contribution in [0.2, 0.25) is 0 Å². The van der Waals surface area contributed by atoms with E-state index in [1.807, 2.05) is 0 Å². The van der Waals surface area contributed by atoms with Crippen molar-refractivity contribution in [2.24, 2.45) is 10.9 Å². The molecule has 0 aromatic heterocycles. The van der Waals surface area contributed by atoms with E-state index in [2.05, 4.69) is 34.4 Å². The predicted molar refractivity (Wildman–Crippen MR) is 90.8 cm³/mol. The van der Waals surface area contributed by atoms with Crippen LogP contribution in [0.1, 0.15) is 58.8 Å². The maximum absolute atomic E-state index is 4.66. The number of likely N-dealkylation sites (tertiary alicyclic amines) is 1. The summed E-state index contributed by atoms with van der Waals surface area (Å²) in [5.74, 6) is 1.87. The minimum Gasteiger partial charge on any atom is -0.357 e. The van der Waals surface area contributed by atoms with Gasteiger partial charge in [0.2, 0.25) is 0 Å². The van der Waals surface area contributed by atoms with Crippen LogP contribution in [0, 0.1) is 5.92 Å². The highest BCUT2D eigenvalue weighted by molar-refractivity contribution is 5.79. The molecule has 1 heterocycles. The number of guanidine groups is 1. The van der Waals surface area contributed by atoms with Gasteiger partial charge in [0.05, 0.1) is 0 Å². The zero-order valence-corrected chi connectivity index (χ0v) is 14.0. The normalized spacial score (nSPS) is 24.1. The molecule has 0 radical (unpaired) electrons. The minimum atomic E-state index is 0.795. The lowest BCUT2D eigenvalue weighted by molar-refractivity contribution is 0.158. The average molecular weight is 294 g/mol. The van der Waals surface area contributed by atoms with Gasteiger partial charge < -0.3 is 15.5 Å². The van der Waals surface area contributed by atoms with Crippen molar-refractivity contribution < 1.29 is 0 Å².